The van der Waals surface area contributed by atoms with Crippen LogP contribution in [-0.4, -0.2) is 12.1 Å². The summed E-state index contributed by atoms with van der Waals surface area (Å²) in [7, 11) is 0. The van der Waals surface area contributed by atoms with Gasteiger partial charge in [0.1, 0.15) is 0 Å². The molecule has 0 aliphatic carbocycles. The molecule has 16 heavy (non-hydrogen) atoms. The molecular weight excluding hydrogens is 196 g/mol. The molecule has 0 heterocycles. The maximum Gasteiger partial charge on any atom is 0.0184 e. The third kappa shape index (κ3) is 10.4. The van der Waals surface area contributed by atoms with Gasteiger partial charge in [0.15, 0.2) is 0 Å². The molecule has 0 radical (unpaired) electrons. The molecule has 0 unspecified atom stereocenters. The minimum absolute atomic E-state index is 0.597. The van der Waals surface area contributed by atoms with Gasteiger partial charge in [0.25, 0.3) is 0 Å². The Hall–Kier alpha value is -0.0800. The first-order valence-electron chi connectivity index (χ1n) is 7.21. The van der Waals surface area contributed by atoms with Crippen LogP contribution in [0.1, 0.15) is 79.1 Å². The van der Waals surface area contributed by atoms with Crippen LogP contribution in [0.5, 0.6) is 0 Å². The summed E-state index contributed by atoms with van der Waals surface area (Å²) >= 11 is 0. The van der Waals surface area contributed by atoms with Gasteiger partial charge in [-0.25, -0.2) is 0 Å². The van der Waals surface area contributed by atoms with Crippen molar-refractivity contribution in [3.05, 3.63) is 0 Å². The van der Waals surface area contributed by atoms with Crippen molar-refractivity contribution in [1.82, 2.24) is 10.9 Å². The summed E-state index contributed by atoms with van der Waals surface area (Å²) in [5, 5.41) is 0. The van der Waals surface area contributed by atoms with Gasteiger partial charge in [-0.05, 0) is 26.7 Å². The average molecular weight is 228 g/mol. The Bertz CT molecular complexity index is 121. The van der Waals surface area contributed by atoms with Gasteiger partial charge in [0, 0.05) is 12.1 Å². The lowest BCUT2D eigenvalue weighted by Gasteiger charge is -2.19. The predicted octanol–water partition coefficient (Wildman–Crippen LogP) is 4.02. The van der Waals surface area contributed by atoms with Crippen molar-refractivity contribution in [3.8, 4) is 0 Å². The molecule has 0 aliphatic rings. The van der Waals surface area contributed by atoms with Gasteiger partial charge in [0.2, 0.25) is 0 Å². The Kier molecular flexibility index (Phi) is 11.3. The number of hydrogen-bond acceptors (Lipinski definition) is 2. The van der Waals surface area contributed by atoms with Crippen molar-refractivity contribution in [2.75, 3.05) is 0 Å². The molecule has 2 nitrogen and oxygen atoms in total. The van der Waals surface area contributed by atoms with Crippen molar-refractivity contribution in [3.63, 3.8) is 0 Å². The van der Waals surface area contributed by atoms with Crippen LogP contribution in [0, 0.1) is 0 Å². The first kappa shape index (κ1) is 15.9. The van der Waals surface area contributed by atoms with E-state index >= 15 is 0 Å². The molecule has 0 saturated heterocycles. The van der Waals surface area contributed by atoms with Crippen LogP contribution in [0.15, 0.2) is 0 Å². The maximum absolute atomic E-state index is 3.42. The van der Waals surface area contributed by atoms with Crippen LogP contribution in [-0.2, 0) is 0 Å². The van der Waals surface area contributed by atoms with E-state index in [1.54, 1.807) is 0 Å². The zero-order chi connectivity index (χ0) is 12.2. The van der Waals surface area contributed by atoms with E-state index in [1.807, 2.05) is 0 Å². The third-order valence-corrected chi connectivity index (χ3v) is 3.06. The van der Waals surface area contributed by atoms with Crippen LogP contribution < -0.4 is 10.9 Å². The Morgan fingerprint density at radius 2 is 1.06 bits per heavy atom. The zero-order valence-corrected chi connectivity index (χ0v) is 11.8. The van der Waals surface area contributed by atoms with Crippen LogP contribution in [0.25, 0.3) is 0 Å². The summed E-state index contributed by atoms with van der Waals surface area (Å²) in [4.78, 5) is 0. The van der Waals surface area contributed by atoms with E-state index in [4.69, 9.17) is 0 Å². The molecule has 98 valence electrons. The Labute approximate surface area is 103 Å². The lowest BCUT2D eigenvalue weighted by molar-refractivity contribution is 0.360. The van der Waals surface area contributed by atoms with Gasteiger partial charge < -0.3 is 0 Å². The van der Waals surface area contributed by atoms with Crippen molar-refractivity contribution in [2.45, 2.75) is 91.1 Å². The van der Waals surface area contributed by atoms with Gasteiger partial charge in [-0.2, -0.15) is 0 Å². The van der Waals surface area contributed by atoms with Gasteiger partial charge in [-0.1, -0.05) is 52.4 Å². The Morgan fingerprint density at radius 1 is 0.688 bits per heavy atom. The standard InChI is InChI=1S/C14H32N2/c1-5-7-9-11-13(3)15-16-14(4)12-10-8-6-2/h13-16H,5-12H2,1-4H3/t13-,14-/m0/s1. The van der Waals surface area contributed by atoms with Gasteiger partial charge >= 0.3 is 0 Å². The van der Waals surface area contributed by atoms with Crippen molar-refractivity contribution in [1.29, 1.82) is 0 Å². The Balaban J connectivity index is 3.32. The predicted molar refractivity (Wildman–Crippen MR) is 73.5 cm³/mol. The second-order valence-electron chi connectivity index (χ2n) is 5.08. The lowest BCUT2D eigenvalue weighted by Crippen LogP contribution is -2.44. The topological polar surface area (TPSA) is 24.1 Å². The fourth-order valence-electron chi connectivity index (χ4n) is 1.83. The highest BCUT2D eigenvalue weighted by molar-refractivity contribution is 4.62. The summed E-state index contributed by atoms with van der Waals surface area (Å²) in [6.45, 7) is 9.04. The van der Waals surface area contributed by atoms with Crippen LogP contribution in [0.2, 0.25) is 0 Å². The fraction of sp³-hybridized carbons (Fsp3) is 1.00. The van der Waals surface area contributed by atoms with Crippen LogP contribution >= 0.6 is 0 Å². The van der Waals surface area contributed by atoms with E-state index in [1.165, 1.54) is 51.4 Å². The van der Waals surface area contributed by atoms with E-state index in [9.17, 15) is 0 Å². The van der Waals surface area contributed by atoms with Crippen molar-refractivity contribution < 1.29 is 0 Å². The normalized spacial score (nSPS) is 15.0. The molecule has 0 fully saturated rings. The summed E-state index contributed by atoms with van der Waals surface area (Å²) in [5.41, 5.74) is 6.84. The Morgan fingerprint density at radius 3 is 1.38 bits per heavy atom. The van der Waals surface area contributed by atoms with Crippen molar-refractivity contribution in [2.24, 2.45) is 0 Å². The summed E-state index contributed by atoms with van der Waals surface area (Å²) in [6, 6.07) is 1.19. The quantitative estimate of drug-likeness (QED) is 0.412. The summed E-state index contributed by atoms with van der Waals surface area (Å²) in [5.74, 6) is 0. The molecule has 0 aromatic rings. The molecule has 0 aromatic carbocycles. The minimum Gasteiger partial charge on any atom is -0.255 e. The monoisotopic (exact) mass is 228 g/mol. The minimum atomic E-state index is 0.597. The average Bonchev–Trinajstić information content (AvgIpc) is 2.27. The van der Waals surface area contributed by atoms with Gasteiger partial charge in [0.05, 0.1) is 0 Å². The highest BCUT2D eigenvalue weighted by Gasteiger charge is 2.04. The molecule has 2 atom stereocenters. The molecule has 0 aliphatic heterocycles. The number of hydrazine groups is 1. The molecule has 2 N–H and O–H groups in total. The highest BCUT2D eigenvalue weighted by atomic mass is 15.4. The van der Waals surface area contributed by atoms with E-state index in [2.05, 4.69) is 38.5 Å². The summed E-state index contributed by atoms with van der Waals surface area (Å²) in [6.07, 6.45) is 10.6. The van der Waals surface area contributed by atoms with E-state index in [0.29, 0.717) is 12.1 Å². The van der Waals surface area contributed by atoms with Gasteiger partial charge in [-0.15, -0.1) is 0 Å². The van der Waals surface area contributed by atoms with Gasteiger partial charge in [-0.3, -0.25) is 10.9 Å². The van der Waals surface area contributed by atoms with E-state index in [0.717, 1.165) is 0 Å². The largest absolute Gasteiger partial charge is 0.255 e. The molecular formula is C14H32N2. The molecule has 0 bridgehead atoms. The lowest BCUT2D eigenvalue weighted by atomic mass is 10.1. The molecule has 0 rings (SSSR count). The molecule has 0 aromatic heterocycles. The molecule has 0 amide bonds. The number of rotatable bonds is 11. The molecule has 0 spiro atoms. The number of unbranched alkanes of at least 4 members (excludes halogenated alkanes) is 4. The van der Waals surface area contributed by atoms with E-state index < -0.39 is 0 Å². The SMILES string of the molecule is CCCCC[C@H](C)NN[C@@H](C)CCCCC. The van der Waals surface area contributed by atoms with E-state index in [-0.39, 0.29) is 0 Å². The van der Waals surface area contributed by atoms with Crippen LogP contribution in [0.3, 0.4) is 0 Å². The molecule has 0 saturated carbocycles. The molecule has 2 heteroatoms. The zero-order valence-electron chi connectivity index (χ0n) is 11.8. The number of hydrogen-bond donors (Lipinski definition) is 2. The highest BCUT2D eigenvalue weighted by Crippen LogP contribution is 2.04. The second-order valence-corrected chi connectivity index (χ2v) is 5.08. The van der Waals surface area contributed by atoms with Crippen LogP contribution in [0.4, 0.5) is 0 Å². The first-order valence-corrected chi connectivity index (χ1v) is 7.21. The fourth-order valence-corrected chi connectivity index (χ4v) is 1.83. The third-order valence-electron chi connectivity index (χ3n) is 3.06. The van der Waals surface area contributed by atoms with Crippen molar-refractivity contribution >= 4 is 0 Å². The smallest absolute Gasteiger partial charge is 0.0184 e. The second kappa shape index (κ2) is 11.4. The first-order chi connectivity index (χ1) is 7.70. The summed E-state index contributed by atoms with van der Waals surface area (Å²) < 4.78 is 0. The maximum atomic E-state index is 3.42. The number of nitrogens with one attached hydrogen (secondary N) is 2.